The van der Waals surface area contributed by atoms with Crippen LogP contribution in [0.5, 0.6) is 0 Å². The zero-order chi connectivity index (χ0) is 20.2. The molecule has 1 fully saturated rings. The van der Waals surface area contributed by atoms with Crippen LogP contribution in [0.25, 0.3) is 10.9 Å². The van der Waals surface area contributed by atoms with Crippen molar-refractivity contribution in [2.75, 3.05) is 32.8 Å². The smallest absolute Gasteiger partial charge is 0.270 e. The minimum absolute atomic E-state index is 0.00179. The van der Waals surface area contributed by atoms with Crippen LogP contribution < -0.4 is 0 Å². The van der Waals surface area contributed by atoms with Gasteiger partial charge in [0.05, 0.1) is 13.2 Å². The van der Waals surface area contributed by atoms with E-state index in [0.717, 1.165) is 49.3 Å². The lowest BCUT2D eigenvalue weighted by molar-refractivity contribution is 0.0227. The zero-order valence-electron chi connectivity index (χ0n) is 16.6. The van der Waals surface area contributed by atoms with E-state index in [2.05, 4.69) is 28.9 Å². The molecule has 6 heteroatoms. The minimum atomic E-state index is 0.00179. The van der Waals surface area contributed by atoms with E-state index in [4.69, 9.17) is 16.3 Å². The second-order valence-electron chi connectivity index (χ2n) is 7.60. The Morgan fingerprint density at radius 3 is 2.69 bits per heavy atom. The molecule has 4 rings (SSSR count). The summed E-state index contributed by atoms with van der Waals surface area (Å²) in [7, 11) is 0. The average Bonchev–Trinajstić information content (AvgIpc) is 3.16. The third-order valence-electron chi connectivity index (χ3n) is 5.43. The third-order valence-corrected chi connectivity index (χ3v) is 5.66. The highest BCUT2D eigenvalue weighted by molar-refractivity contribution is 6.31. The lowest BCUT2D eigenvalue weighted by Crippen LogP contribution is -2.48. The van der Waals surface area contributed by atoms with E-state index in [9.17, 15) is 4.79 Å². The molecule has 29 heavy (non-hydrogen) atoms. The summed E-state index contributed by atoms with van der Waals surface area (Å²) in [5, 5.41) is 1.64. The highest BCUT2D eigenvalue weighted by Crippen LogP contribution is 2.22. The fraction of sp³-hybridized carbons (Fsp3) is 0.348. The van der Waals surface area contributed by atoms with Crippen LogP contribution in [0.2, 0.25) is 5.02 Å². The van der Waals surface area contributed by atoms with Gasteiger partial charge < -0.3 is 14.6 Å². The van der Waals surface area contributed by atoms with Crippen molar-refractivity contribution < 1.29 is 9.53 Å². The van der Waals surface area contributed by atoms with Crippen molar-refractivity contribution in [3.63, 3.8) is 0 Å². The molecule has 0 saturated carbocycles. The Morgan fingerprint density at radius 2 is 1.93 bits per heavy atom. The number of morpholine rings is 1. The summed E-state index contributed by atoms with van der Waals surface area (Å²) in [6.07, 6.45) is 0. The van der Waals surface area contributed by atoms with Crippen LogP contribution in [-0.2, 0) is 11.3 Å². The van der Waals surface area contributed by atoms with Crippen LogP contribution in [0.3, 0.4) is 0 Å². The van der Waals surface area contributed by atoms with Crippen molar-refractivity contribution in [2.24, 2.45) is 0 Å². The molecule has 5 nitrogen and oxygen atoms in total. The molecule has 1 N–H and O–H groups in total. The lowest BCUT2D eigenvalue weighted by atomic mass is 10.1. The molecule has 1 unspecified atom stereocenters. The average molecular weight is 412 g/mol. The van der Waals surface area contributed by atoms with Crippen LogP contribution in [-0.4, -0.2) is 59.6 Å². The van der Waals surface area contributed by atoms with Gasteiger partial charge in [-0.3, -0.25) is 9.69 Å². The van der Waals surface area contributed by atoms with Gasteiger partial charge in [0.25, 0.3) is 5.91 Å². The first-order chi connectivity index (χ1) is 14.1. The highest BCUT2D eigenvalue weighted by atomic mass is 35.5. The van der Waals surface area contributed by atoms with Gasteiger partial charge in [-0.25, -0.2) is 0 Å². The van der Waals surface area contributed by atoms with Crippen LogP contribution in [0.1, 0.15) is 23.0 Å². The minimum Gasteiger partial charge on any atom is -0.379 e. The fourth-order valence-electron chi connectivity index (χ4n) is 3.83. The quantitative estimate of drug-likeness (QED) is 0.661. The van der Waals surface area contributed by atoms with Crippen molar-refractivity contribution in [2.45, 2.75) is 19.5 Å². The van der Waals surface area contributed by atoms with Gasteiger partial charge in [-0.15, -0.1) is 0 Å². The molecule has 2 heterocycles. The number of rotatable bonds is 6. The maximum absolute atomic E-state index is 13.5. The van der Waals surface area contributed by atoms with Crippen LogP contribution in [0.15, 0.2) is 54.6 Å². The molecular formula is C23H26ClN3O2. The number of aromatic nitrogens is 1. The van der Waals surface area contributed by atoms with E-state index in [-0.39, 0.29) is 11.9 Å². The summed E-state index contributed by atoms with van der Waals surface area (Å²) in [6.45, 7) is 6.83. The first-order valence-electron chi connectivity index (χ1n) is 10.0. The van der Waals surface area contributed by atoms with E-state index in [1.807, 2.05) is 47.4 Å². The van der Waals surface area contributed by atoms with Gasteiger partial charge in [0.15, 0.2) is 0 Å². The van der Waals surface area contributed by atoms with Gasteiger partial charge in [-0.05, 0) is 30.7 Å². The Morgan fingerprint density at radius 1 is 1.17 bits per heavy atom. The molecule has 2 aromatic carbocycles. The van der Waals surface area contributed by atoms with Crippen LogP contribution in [0, 0.1) is 0 Å². The van der Waals surface area contributed by atoms with Crippen molar-refractivity contribution in [1.29, 1.82) is 0 Å². The standard InChI is InChI=1S/C23H26ClN3O2/c1-17(15-26-9-11-29-12-10-26)27(16-18-5-3-2-4-6-18)23(28)22-13-19-7-8-20(24)14-21(19)25-22/h2-8,13-14,17,25H,9-12,15-16H2,1H3. The second kappa shape index (κ2) is 8.99. The predicted octanol–water partition coefficient (Wildman–Crippen LogP) is 4.18. The van der Waals surface area contributed by atoms with E-state index in [1.165, 1.54) is 0 Å². The van der Waals surface area contributed by atoms with Crippen molar-refractivity contribution in [3.05, 3.63) is 70.9 Å². The molecule has 1 aliphatic heterocycles. The number of halogens is 1. The second-order valence-corrected chi connectivity index (χ2v) is 8.03. The lowest BCUT2D eigenvalue weighted by Gasteiger charge is -2.35. The van der Waals surface area contributed by atoms with E-state index >= 15 is 0 Å². The molecule has 1 amide bonds. The fourth-order valence-corrected chi connectivity index (χ4v) is 4.01. The van der Waals surface area contributed by atoms with Gasteiger partial charge in [0.1, 0.15) is 5.69 Å². The highest BCUT2D eigenvalue weighted by Gasteiger charge is 2.25. The number of nitrogens with one attached hydrogen (secondary N) is 1. The molecule has 0 spiro atoms. The summed E-state index contributed by atoms with van der Waals surface area (Å²) in [6, 6.07) is 17.7. The van der Waals surface area contributed by atoms with Crippen LogP contribution in [0.4, 0.5) is 0 Å². The number of benzene rings is 2. The maximum Gasteiger partial charge on any atom is 0.270 e. The number of H-pyrrole nitrogens is 1. The number of nitrogens with zero attached hydrogens (tertiary/aromatic N) is 2. The number of hydrogen-bond acceptors (Lipinski definition) is 3. The first-order valence-corrected chi connectivity index (χ1v) is 10.4. The summed E-state index contributed by atoms with van der Waals surface area (Å²) in [4.78, 5) is 21.1. The molecule has 1 saturated heterocycles. The molecule has 0 bridgehead atoms. The number of hydrogen-bond donors (Lipinski definition) is 1. The van der Waals surface area contributed by atoms with E-state index in [1.54, 1.807) is 0 Å². The zero-order valence-corrected chi connectivity index (χ0v) is 17.4. The van der Waals surface area contributed by atoms with Crippen molar-refractivity contribution >= 4 is 28.4 Å². The summed E-state index contributed by atoms with van der Waals surface area (Å²) in [5.74, 6) is 0.00179. The van der Waals surface area contributed by atoms with Crippen LogP contribution >= 0.6 is 11.6 Å². The first kappa shape index (κ1) is 20.0. The predicted molar refractivity (Wildman–Crippen MR) is 116 cm³/mol. The third kappa shape index (κ3) is 4.81. The molecule has 1 atom stereocenters. The van der Waals surface area contributed by atoms with Gasteiger partial charge in [-0.1, -0.05) is 48.0 Å². The topological polar surface area (TPSA) is 48.6 Å². The largest absolute Gasteiger partial charge is 0.379 e. The Hall–Kier alpha value is -2.34. The van der Waals surface area contributed by atoms with Gasteiger partial charge in [-0.2, -0.15) is 0 Å². The van der Waals surface area contributed by atoms with E-state index < -0.39 is 0 Å². The molecule has 0 radical (unpaired) electrons. The molecule has 152 valence electrons. The molecule has 0 aliphatic carbocycles. The van der Waals surface area contributed by atoms with Gasteiger partial charge in [0.2, 0.25) is 0 Å². The Kier molecular flexibility index (Phi) is 6.19. The number of ether oxygens (including phenoxy) is 1. The number of carbonyl (C=O) groups is 1. The van der Waals surface area contributed by atoms with Gasteiger partial charge >= 0.3 is 0 Å². The Labute approximate surface area is 176 Å². The van der Waals surface area contributed by atoms with E-state index in [0.29, 0.717) is 17.3 Å². The summed E-state index contributed by atoms with van der Waals surface area (Å²) in [5.41, 5.74) is 2.59. The molecule has 1 aromatic heterocycles. The number of amides is 1. The molecule has 3 aromatic rings. The Bertz CT molecular complexity index is 967. The van der Waals surface area contributed by atoms with Crippen molar-refractivity contribution in [1.82, 2.24) is 14.8 Å². The van der Waals surface area contributed by atoms with Gasteiger partial charge in [0, 0.05) is 48.1 Å². The summed E-state index contributed by atoms with van der Waals surface area (Å²) >= 11 is 6.11. The Balaban J connectivity index is 1.59. The summed E-state index contributed by atoms with van der Waals surface area (Å²) < 4.78 is 5.46. The molecular weight excluding hydrogens is 386 g/mol. The van der Waals surface area contributed by atoms with Crippen molar-refractivity contribution in [3.8, 4) is 0 Å². The monoisotopic (exact) mass is 411 g/mol. The number of fused-ring (bicyclic) bond motifs is 1. The SMILES string of the molecule is CC(CN1CCOCC1)N(Cc1ccccc1)C(=O)c1cc2ccc(Cl)cc2[nH]1. The normalized spacial score (nSPS) is 16.1. The maximum atomic E-state index is 13.5. The number of aromatic amines is 1. The number of carbonyl (C=O) groups excluding carboxylic acids is 1. The molecule has 1 aliphatic rings.